The molecule has 0 radical (unpaired) electrons. The fourth-order valence-corrected chi connectivity index (χ4v) is 0.825. The Morgan fingerprint density at radius 1 is 1.75 bits per heavy atom. The van der Waals surface area contributed by atoms with Crippen LogP contribution in [0.15, 0.2) is 10.9 Å². The summed E-state index contributed by atoms with van der Waals surface area (Å²) < 4.78 is 4.98. The molecule has 0 saturated carbocycles. The Morgan fingerprint density at radius 3 is 2.92 bits per heavy atom. The minimum Gasteiger partial charge on any atom is -0.375 e. The smallest absolute Gasteiger partial charge is 0.252 e. The fourth-order valence-electron chi connectivity index (χ4n) is 0.825. The third-order valence-electron chi connectivity index (χ3n) is 1.55. The van der Waals surface area contributed by atoms with Crippen LogP contribution in [0.1, 0.15) is 18.7 Å². The van der Waals surface area contributed by atoms with Crippen LogP contribution in [0.5, 0.6) is 0 Å². The second-order valence-electron chi connectivity index (χ2n) is 2.43. The Kier molecular flexibility index (Phi) is 2.44. The lowest BCUT2D eigenvalue weighted by molar-refractivity contribution is 0.116. The molecule has 3 N–H and O–H groups in total. The maximum absolute atomic E-state index is 10.9. The molecule has 0 amide bonds. The van der Waals surface area contributed by atoms with Crippen LogP contribution in [0, 0.1) is 0 Å². The summed E-state index contributed by atoms with van der Waals surface area (Å²) in [7, 11) is 1.55. The Bertz CT molecular complexity index is 321. The molecular weight excluding hydrogens is 158 g/mol. The van der Waals surface area contributed by atoms with Crippen molar-refractivity contribution in [3.05, 3.63) is 22.1 Å². The molecular formula is C7H11N3O2. The van der Waals surface area contributed by atoms with Gasteiger partial charge in [0.15, 0.2) is 0 Å². The van der Waals surface area contributed by atoms with E-state index >= 15 is 0 Å². The van der Waals surface area contributed by atoms with Gasteiger partial charge < -0.3 is 10.5 Å². The molecule has 0 aliphatic heterocycles. The number of anilines is 1. The zero-order valence-electron chi connectivity index (χ0n) is 7.00. The van der Waals surface area contributed by atoms with Gasteiger partial charge in [-0.1, -0.05) is 0 Å². The summed E-state index contributed by atoms with van der Waals surface area (Å²) in [5, 5.41) is 0. The van der Waals surface area contributed by atoms with Crippen molar-refractivity contribution in [3.63, 3.8) is 0 Å². The van der Waals surface area contributed by atoms with E-state index in [-0.39, 0.29) is 17.6 Å². The molecule has 5 heteroatoms. The topological polar surface area (TPSA) is 81.0 Å². The maximum Gasteiger partial charge on any atom is 0.252 e. The number of H-pyrrole nitrogens is 1. The number of ether oxygens (including phenoxy) is 1. The highest BCUT2D eigenvalue weighted by Gasteiger charge is 2.06. The lowest BCUT2D eigenvalue weighted by atomic mass is 10.3. The molecule has 0 bridgehead atoms. The number of methoxy groups -OCH3 is 1. The van der Waals surface area contributed by atoms with Crippen molar-refractivity contribution in [3.8, 4) is 0 Å². The zero-order chi connectivity index (χ0) is 9.14. The molecule has 1 aromatic heterocycles. The van der Waals surface area contributed by atoms with Crippen LogP contribution in [-0.4, -0.2) is 17.1 Å². The summed E-state index contributed by atoms with van der Waals surface area (Å²) in [5.41, 5.74) is 5.61. The highest BCUT2D eigenvalue weighted by Crippen LogP contribution is 2.10. The number of hydrogen-bond donors (Lipinski definition) is 2. The molecule has 0 unspecified atom stereocenters. The van der Waals surface area contributed by atoms with E-state index in [2.05, 4.69) is 9.97 Å². The Labute approximate surface area is 69.6 Å². The normalized spacial score (nSPS) is 12.8. The predicted molar refractivity (Wildman–Crippen MR) is 44.7 cm³/mol. The van der Waals surface area contributed by atoms with Crippen molar-refractivity contribution in [2.75, 3.05) is 12.8 Å². The van der Waals surface area contributed by atoms with Gasteiger partial charge in [-0.15, -0.1) is 0 Å². The van der Waals surface area contributed by atoms with Crippen molar-refractivity contribution < 1.29 is 4.74 Å². The van der Waals surface area contributed by atoms with Crippen LogP contribution in [0.25, 0.3) is 0 Å². The first-order valence-electron chi connectivity index (χ1n) is 3.53. The second kappa shape index (κ2) is 3.36. The standard InChI is InChI=1S/C7H11N3O2/c1-4(12-2)5-3-6(11)10-7(8)9-5/h3-4H,1-2H3,(H3,8,9,10,11)/t4-/m1/s1. The van der Waals surface area contributed by atoms with Crippen LogP contribution >= 0.6 is 0 Å². The number of aromatic nitrogens is 2. The molecule has 5 nitrogen and oxygen atoms in total. The molecule has 66 valence electrons. The Hall–Kier alpha value is -1.36. The molecule has 1 heterocycles. The fraction of sp³-hybridized carbons (Fsp3) is 0.429. The number of nitrogens with one attached hydrogen (secondary N) is 1. The van der Waals surface area contributed by atoms with Gasteiger partial charge in [0.05, 0.1) is 11.8 Å². The second-order valence-corrected chi connectivity index (χ2v) is 2.43. The zero-order valence-corrected chi connectivity index (χ0v) is 7.00. The quantitative estimate of drug-likeness (QED) is 0.656. The lowest BCUT2D eigenvalue weighted by Crippen LogP contribution is -2.13. The van der Waals surface area contributed by atoms with Crippen molar-refractivity contribution >= 4 is 5.95 Å². The molecule has 1 atom stereocenters. The van der Waals surface area contributed by atoms with Crippen LogP contribution < -0.4 is 11.3 Å². The van der Waals surface area contributed by atoms with Crippen molar-refractivity contribution in [2.45, 2.75) is 13.0 Å². The molecule has 0 aromatic carbocycles. The minimum atomic E-state index is -0.263. The van der Waals surface area contributed by atoms with Gasteiger partial charge in [-0.05, 0) is 6.92 Å². The van der Waals surface area contributed by atoms with Gasteiger partial charge >= 0.3 is 0 Å². The summed E-state index contributed by atoms with van der Waals surface area (Å²) in [5.74, 6) is 0.112. The van der Waals surface area contributed by atoms with Gasteiger partial charge in [0, 0.05) is 13.2 Å². The van der Waals surface area contributed by atoms with Gasteiger partial charge in [-0.2, -0.15) is 0 Å². The van der Waals surface area contributed by atoms with E-state index in [0.29, 0.717) is 5.69 Å². The number of aromatic amines is 1. The SMILES string of the molecule is CO[C@H](C)c1cc(=O)[nH]c(N)n1. The molecule has 1 rings (SSSR count). The third kappa shape index (κ3) is 1.82. The highest BCUT2D eigenvalue weighted by atomic mass is 16.5. The highest BCUT2D eigenvalue weighted by molar-refractivity contribution is 5.18. The van der Waals surface area contributed by atoms with Gasteiger partial charge in [0.25, 0.3) is 5.56 Å². The summed E-state index contributed by atoms with van der Waals surface area (Å²) in [6.07, 6.45) is -0.213. The van der Waals surface area contributed by atoms with Gasteiger partial charge in [-0.25, -0.2) is 4.98 Å². The average molecular weight is 169 g/mol. The van der Waals surface area contributed by atoms with E-state index in [9.17, 15) is 4.79 Å². The Balaban J connectivity index is 3.08. The van der Waals surface area contributed by atoms with Crippen LogP contribution in [-0.2, 0) is 4.74 Å². The van der Waals surface area contributed by atoms with Crippen LogP contribution in [0.3, 0.4) is 0 Å². The first-order valence-corrected chi connectivity index (χ1v) is 3.53. The van der Waals surface area contributed by atoms with E-state index in [1.807, 2.05) is 0 Å². The van der Waals surface area contributed by atoms with Gasteiger partial charge in [-0.3, -0.25) is 9.78 Å². The summed E-state index contributed by atoms with van der Waals surface area (Å²) in [4.78, 5) is 17.1. The average Bonchev–Trinajstić information content (AvgIpc) is 2.01. The monoisotopic (exact) mass is 169 g/mol. The maximum atomic E-state index is 10.9. The lowest BCUT2D eigenvalue weighted by Gasteiger charge is -2.07. The molecule has 12 heavy (non-hydrogen) atoms. The molecule has 0 saturated heterocycles. The number of rotatable bonds is 2. The van der Waals surface area contributed by atoms with E-state index in [0.717, 1.165) is 0 Å². The number of nitrogen functional groups attached to an aromatic ring is 1. The van der Waals surface area contributed by atoms with Crippen molar-refractivity contribution in [1.82, 2.24) is 9.97 Å². The van der Waals surface area contributed by atoms with E-state index in [4.69, 9.17) is 10.5 Å². The van der Waals surface area contributed by atoms with Crippen molar-refractivity contribution in [1.29, 1.82) is 0 Å². The minimum absolute atomic E-state index is 0.112. The molecule has 1 aromatic rings. The predicted octanol–water partition coefficient (Wildman–Crippen LogP) is 0.0595. The summed E-state index contributed by atoms with van der Waals surface area (Å²) >= 11 is 0. The van der Waals surface area contributed by atoms with Crippen LogP contribution in [0.4, 0.5) is 5.95 Å². The van der Waals surface area contributed by atoms with Crippen LogP contribution in [0.2, 0.25) is 0 Å². The number of nitrogens with zero attached hydrogens (tertiary/aromatic N) is 1. The van der Waals surface area contributed by atoms with Crippen molar-refractivity contribution in [2.24, 2.45) is 0 Å². The number of hydrogen-bond acceptors (Lipinski definition) is 4. The van der Waals surface area contributed by atoms with E-state index in [1.54, 1.807) is 14.0 Å². The van der Waals surface area contributed by atoms with E-state index in [1.165, 1.54) is 6.07 Å². The number of nitrogens with two attached hydrogens (primary N) is 1. The first kappa shape index (κ1) is 8.73. The Morgan fingerprint density at radius 2 is 2.42 bits per heavy atom. The van der Waals surface area contributed by atoms with E-state index < -0.39 is 0 Å². The molecule has 0 aliphatic carbocycles. The summed E-state index contributed by atoms with van der Waals surface area (Å²) in [6, 6.07) is 1.37. The van der Waals surface area contributed by atoms with Gasteiger partial charge in [0.2, 0.25) is 5.95 Å². The van der Waals surface area contributed by atoms with Gasteiger partial charge in [0.1, 0.15) is 0 Å². The third-order valence-corrected chi connectivity index (χ3v) is 1.55. The molecule has 0 aliphatic rings. The molecule has 0 fully saturated rings. The largest absolute Gasteiger partial charge is 0.375 e. The summed E-state index contributed by atoms with van der Waals surface area (Å²) in [6.45, 7) is 1.79. The first-order chi connectivity index (χ1) is 5.63. The molecule has 0 spiro atoms.